The molecule has 0 saturated heterocycles. The first-order chi connectivity index (χ1) is 13.6. The van der Waals surface area contributed by atoms with E-state index in [2.05, 4.69) is 15.0 Å². The van der Waals surface area contributed by atoms with Crippen LogP contribution in [0.3, 0.4) is 0 Å². The normalized spacial score (nSPS) is 15.9. The van der Waals surface area contributed by atoms with Crippen molar-refractivity contribution >= 4 is 5.69 Å². The van der Waals surface area contributed by atoms with Gasteiger partial charge in [-0.15, -0.1) is 0 Å². The molecule has 0 bridgehead atoms. The molecule has 28 heavy (non-hydrogen) atoms. The molecule has 0 aliphatic heterocycles. The van der Waals surface area contributed by atoms with Gasteiger partial charge in [-0.3, -0.25) is 0 Å². The minimum atomic E-state index is -0.440. The van der Waals surface area contributed by atoms with Crippen molar-refractivity contribution in [1.29, 1.82) is 0 Å². The fraction of sp³-hybridized carbons (Fsp3) is 0.318. The van der Waals surface area contributed by atoms with E-state index in [1.54, 1.807) is 12.1 Å². The van der Waals surface area contributed by atoms with Crippen molar-refractivity contribution in [2.75, 3.05) is 0 Å². The lowest BCUT2D eigenvalue weighted by Crippen LogP contribution is -2.10. The zero-order valence-electron chi connectivity index (χ0n) is 15.8. The van der Waals surface area contributed by atoms with Crippen LogP contribution in [0.25, 0.3) is 27.7 Å². The number of aliphatic hydroxyl groups is 1. The van der Waals surface area contributed by atoms with Crippen molar-refractivity contribution in [2.24, 2.45) is 0 Å². The predicted octanol–water partition coefficient (Wildman–Crippen LogP) is 5.11. The predicted molar refractivity (Wildman–Crippen MR) is 105 cm³/mol. The molecule has 1 atom stereocenters. The number of fused-ring (bicyclic) bond motifs is 1. The molecule has 0 amide bonds. The molecule has 1 aliphatic carbocycles. The minimum Gasteiger partial charge on any atom is -0.502 e. The third-order valence-electron chi connectivity index (χ3n) is 4.83. The quantitative estimate of drug-likeness (QED) is 0.642. The molecule has 1 aliphatic rings. The summed E-state index contributed by atoms with van der Waals surface area (Å²) >= 11 is 0. The standard InChI is InChI=1S/C22H21N3O3/c1-13(2)27-20-11-10-14(12-18(20)23-3)22-24-21(25-28-22)17-8-4-7-16-15(17)6-5-9-19(16)26/h4,7-8,10-13,19,26H,5-6,9H2,1-2H3/t19-/m1/s1. The fourth-order valence-electron chi connectivity index (χ4n) is 3.57. The third kappa shape index (κ3) is 3.37. The van der Waals surface area contributed by atoms with Crippen LogP contribution < -0.4 is 4.74 Å². The van der Waals surface area contributed by atoms with Gasteiger partial charge < -0.3 is 14.4 Å². The van der Waals surface area contributed by atoms with Crippen LogP contribution in [0.4, 0.5) is 5.69 Å². The number of aliphatic hydroxyl groups excluding tert-OH is 1. The molecule has 1 aromatic heterocycles. The molecular weight excluding hydrogens is 354 g/mol. The van der Waals surface area contributed by atoms with Gasteiger partial charge in [0.2, 0.25) is 11.5 Å². The number of rotatable bonds is 4. The van der Waals surface area contributed by atoms with Crippen molar-refractivity contribution in [1.82, 2.24) is 10.1 Å². The minimum absolute atomic E-state index is 0.0130. The maximum Gasteiger partial charge on any atom is 0.256 e. The summed E-state index contributed by atoms with van der Waals surface area (Å²) in [5.74, 6) is 1.39. The summed E-state index contributed by atoms with van der Waals surface area (Å²) in [7, 11) is 0. The lowest BCUT2D eigenvalue weighted by Gasteiger charge is -2.22. The Morgan fingerprint density at radius 3 is 2.93 bits per heavy atom. The van der Waals surface area contributed by atoms with Crippen LogP contribution in [0.5, 0.6) is 5.75 Å². The van der Waals surface area contributed by atoms with Crippen LogP contribution in [0.2, 0.25) is 0 Å². The van der Waals surface area contributed by atoms with Gasteiger partial charge in [0.15, 0.2) is 0 Å². The summed E-state index contributed by atoms with van der Waals surface area (Å²) in [4.78, 5) is 8.09. The monoisotopic (exact) mass is 375 g/mol. The molecule has 0 unspecified atom stereocenters. The van der Waals surface area contributed by atoms with E-state index in [9.17, 15) is 5.11 Å². The fourth-order valence-corrected chi connectivity index (χ4v) is 3.57. The third-order valence-corrected chi connectivity index (χ3v) is 4.83. The average molecular weight is 375 g/mol. The maximum absolute atomic E-state index is 10.3. The molecule has 0 radical (unpaired) electrons. The van der Waals surface area contributed by atoms with Gasteiger partial charge >= 0.3 is 0 Å². The van der Waals surface area contributed by atoms with Crippen LogP contribution in [0.15, 0.2) is 40.9 Å². The molecule has 0 fully saturated rings. The molecule has 6 nitrogen and oxygen atoms in total. The molecule has 1 heterocycles. The lowest BCUT2D eigenvalue weighted by atomic mass is 9.86. The van der Waals surface area contributed by atoms with Gasteiger partial charge in [-0.2, -0.15) is 4.98 Å². The Bertz CT molecular complexity index is 1050. The van der Waals surface area contributed by atoms with Gasteiger partial charge in [0, 0.05) is 11.1 Å². The van der Waals surface area contributed by atoms with E-state index in [1.807, 2.05) is 38.1 Å². The van der Waals surface area contributed by atoms with Gasteiger partial charge in [-0.25, -0.2) is 4.85 Å². The van der Waals surface area contributed by atoms with Crippen LogP contribution in [-0.2, 0) is 6.42 Å². The number of nitrogens with zero attached hydrogens (tertiary/aromatic N) is 3. The van der Waals surface area contributed by atoms with Gasteiger partial charge in [0.1, 0.15) is 5.75 Å². The number of hydrogen-bond acceptors (Lipinski definition) is 5. The van der Waals surface area contributed by atoms with Gasteiger partial charge in [-0.1, -0.05) is 23.4 Å². The molecule has 142 valence electrons. The smallest absolute Gasteiger partial charge is 0.256 e. The highest BCUT2D eigenvalue weighted by Crippen LogP contribution is 2.37. The van der Waals surface area contributed by atoms with Crippen LogP contribution in [0.1, 0.15) is 43.9 Å². The first-order valence-corrected chi connectivity index (χ1v) is 9.39. The largest absolute Gasteiger partial charge is 0.502 e. The summed E-state index contributed by atoms with van der Waals surface area (Å²) in [5.41, 5.74) is 3.99. The number of benzene rings is 2. The summed E-state index contributed by atoms with van der Waals surface area (Å²) in [6, 6.07) is 11.1. The van der Waals surface area contributed by atoms with E-state index in [1.165, 1.54) is 0 Å². The highest BCUT2D eigenvalue weighted by molar-refractivity contribution is 5.70. The molecule has 0 saturated carbocycles. The zero-order valence-corrected chi connectivity index (χ0v) is 15.8. The highest BCUT2D eigenvalue weighted by atomic mass is 16.5. The molecule has 4 rings (SSSR count). The maximum atomic E-state index is 10.3. The highest BCUT2D eigenvalue weighted by Gasteiger charge is 2.23. The van der Waals surface area contributed by atoms with Crippen molar-refractivity contribution in [3.63, 3.8) is 0 Å². The van der Waals surface area contributed by atoms with Crippen LogP contribution in [-0.4, -0.2) is 21.4 Å². The zero-order chi connectivity index (χ0) is 19.7. The van der Waals surface area contributed by atoms with Crippen molar-refractivity contribution in [2.45, 2.75) is 45.3 Å². The topological polar surface area (TPSA) is 72.7 Å². The van der Waals surface area contributed by atoms with Gasteiger partial charge in [0.05, 0.1) is 18.8 Å². The summed E-state index contributed by atoms with van der Waals surface area (Å²) in [6.07, 6.45) is 2.14. The molecule has 3 aromatic rings. The van der Waals surface area contributed by atoms with E-state index in [-0.39, 0.29) is 6.10 Å². The SMILES string of the molecule is [C-]#[N+]c1cc(-c2nc(-c3cccc4c3CCC[C@H]4O)no2)ccc1OC(C)C. The first-order valence-electron chi connectivity index (χ1n) is 9.39. The Labute approximate surface area is 163 Å². The second-order valence-electron chi connectivity index (χ2n) is 7.17. The first kappa shape index (κ1) is 18.2. The van der Waals surface area contributed by atoms with Crippen molar-refractivity contribution < 1.29 is 14.4 Å². The van der Waals surface area contributed by atoms with E-state index in [0.29, 0.717) is 28.7 Å². The summed E-state index contributed by atoms with van der Waals surface area (Å²) in [5, 5.41) is 14.4. The van der Waals surface area contributed by atoms with E-state index in [4.69, 9.17) is 15.8 Å². The lowest BCUT2D eigenvalue weighted by molar-refractivity contribution is 0.156. The molecule has 1 N–H and O–H groups in total. The Hall–Kier alpha value is -3.17. The van der Waals surface area contributed by atoms with E-state index >= 15 is 0 Å². The van der Waals surface area contributed by atoms with E-state index in [0.717, 1.165) is 36.0 Å². The number of ether oxygens (including phenoxy) is 1. The summed E-state index contributed by atoms with van der Waals surface area (Å²) < 4.78 is 11.1. The Morgan fingerprint density at radius 1 is 1.29 bits per heavy atom. The molecule has 2 aromatic carbocycles. The van der Waals surface area contributed by atoms with Gasteiger partial charge in [-0.05, 0) is 62.4 Å². The Kier molecular flexibility index (Phi) is 4.84. The van der Waals surface area contributed by atoms with Crippen molar-refractivity contribution in [3.8, 4) is 28.6 Å². The van der Waals surface area contributed by atoms with Crippen molar-refractivity contribution in [3.05, 3.63) is 58.9 Å². The van der Waals surface area contributed by atoms with E-state index < -0.39 is 6.10 Å². The summed E-state index contributed by atoms with van der Waals surface area (Å²) in [6.45, 7) is 11.2. The second-order valence-corrected chi connectivity index (χ2v) is 7.17. The number of aromatic nitrogens is 2. The van der Waals surface area contributed by atoms with Crippen LogP contribution in [0, 0.1) is 6.57 Å². The molecule has 6 heteroatoms. The number of hydrogen-bond donors (Lipinski definition) is 1. The second kappa shape index (κ2) is 7.45. The van der Waals surface area contributed by atoms with Gasteiger partial charge in [0.25, 0.3) is 5.89 Å². The Morgan fingerprint density at radius 2 is 2.14 bits per heavy atom. The average Bonchev–Trinajstić information content (AvgIpc) is 3.18. The van der Waals surface area contributed by atoms with Crippen LogP contribution >= 0.6 is 0 Å². The molecule has 0 spiro atoms. The Balaban J connectivity index is 1.70. The molecular formula is C22H21N3O3.